The Kier molecular flexibility index (Phi) is 6.46. The molecule has 0 unspecified atom stereocenters. The van der Waals surface area contributed by atoms with Crippen molar-refractivity contribution in [3.63, 3.8) is 0 Å². The summed E-state index contributed by atoms with van der Waals surface area (Å²) in [6.45, 7) is 0. The fraction of sp³-hybridized carbons (Fsp3) is 0. The lowest BCUT2D eigenvalue weighted by atomic mass is 9.89. The second kappa shape index (κ2) is 11.5. The van der Waals surface area contributed by atoms with Crippen LogP contribution in [-0.2, 0) is 0 Å². The van der Waals surface area contributed by atoms with E-state index in [9.17, 15) is 0 Å². The average molecular weight is 680 g/mol. The Labute approximate surface area is 303 Å². The topological polar surface area (TPSA) is 26.0 Å². The minimum Gasteiger partial charge on any atom is -0.456 e. The van der Waals surface area contributed by atoms with Crippen molar-refractivity contribution in [1.29, 1.82) is 0 Å². The molecular weight excluding hydrogens is 651 g/mol. The fourth-order valence-corrected chi connectivity index (χ4v) is 9.26. The lowest BCUT2D eigenvalue weighted by Gasteiger charge is -2.16. The van der Waals surface area contributed by atoms with Crippen LogP contribution in [0.15, 0.2) is 180 Å². The number of para-hydroxylation sites is 2. The van der Waals surface area contributed by atoms with Gasteiger partial charge in [0.25, 0.3) is 0 Å². The highest BCUT2D eigenvalue weighted by Gasteiger charge is 2.21. The van der Waals surface area contributed by atoms with Gasteiger partial charge in [-0.05, 0) is 64.2 Å². The molecule has 3 heteroatoms. The van der Waals surface area contributed by atoms with Gasteiger partial charge < -0.3 is 4.42 Å². The Morgan fingerprint density at radius 1 is 0.385 bits per heavy atom. The smallest absolute Gasteiger partial charge is 0.136 e. The molecule has 0 atom stereocenters. The normalized spacial score (nSPS) is 11.8. The molecule has 3 heterocycles. The molecule has 52 heavy (non-hydrogen) atoms. The largest absolute Gasteiger partial charge is 0.456 e. The maximum Gasteiger partial charge on any atom is 0.136 e. The minimum absolute atomic E-state index is 0.866. The van der Waals surface area contributed by atoms with Crippen molar-refractivity contribution in [2.45, 2.75) is 0 Å². The highest BCUT2D eigenvalue weighted by Crippen LogP contribution is 2.47. The molecule has 0 radical (unpaired) electrons. The van der Waals surface area contributed by atoms with E-state index >= 15 is 0 Å². The Hall–Kier alpha value is -6.55. The fourth-order valence-electron chi connectivity index (χ4n) is 8.13. The van der Waals surface area contributed by atoms with Crippen LogP contribution in [0.1, 0.15) is 0 Å². The summed E-state index contributed by atoms with van der Waals surface area (Å²) in [5.41, 5.74) is 12.0. The number of rotatable bonds is 4. The average Bonchev–Trinajstić information content (AvgIpc) is 3.78. The third kappa shape index (κ3) is 4.46. The molecule has 2 nitrogen and oxygen atoms in total. The number of furan rings is 1. The molecular formula is C49H29NOS. The highest BCUT2D eigenvalue weighted by atomic mass is 32.1. The van der Waals surface area contributed by atoms with Gasteiger partial charge in [-0.15, -0.1) is 11.3 Å². The standard InChI is InChI=1S/C49H29NOS/c1-2-12-32(13-3-1)49-39-29-42-48(37-17-5-8-21-41(37)51-42)45(47(39)36-16-4-7-20-40(36)50-49)31-26-24-30(25-27-31)33-14-10-15-34(28-33)35-19-11-23-44-46(35)38-18-6-9-22-43(38)52-44/h1-29H. The number of thiophene rings is 1. The highest BCUT2D eigenvalue weighted by molar-refractivity contribution is 7.25. The quantitative estimate of drug-likeness (QED) is 0.173. The lowest BCUT2D eigenvalue weighted by molar-refractivity contribution is 0.669. The van der Waals surface area contributed by atoms with Crippen molar-refractivity contribution in [2.24, 2.45) is 0 Å². The summed E-state index contributed by atoms with van der Waals surface area (Å²) < 4.78 is 9.24. The van der Waals surface area contributed by atoms with E-state index in [2.05, 4.69) is 170 Å². The summed E-state index contributed by atoms with van der Waals surface area (Å²) >= 11 is 1.86. The van der Waals surface area contributed by atoms with Crippen molar-refractivity contribution < 1.29 is 4.42 Å². The van der Waals surface area contributed by atoms with Crippen LogP contribution in [0.4, 0.5) is 0 Å². The molecule has 0 fully saturated rings. The number of aromatic nitrogens is 1. The Balaban J connectivity index is 1.13. The molecule has 0 amide bonds. The number of hydrogen-bond donors (Lipinski definition) is 0. The maximum absolute atomic E-state index is 6.60. The van der Waals surface area contributed by atoms with E-state index in [1.165, 1.54) is 53.4 Å². The van der Waals surface area contributed by atoms with E-state index in [1.807, 2.05) is 17.4 Å². The lowest BCUT2D eigenvalue weighted by Crippen LogP contribution is -1.93. The summed E-state index contributed by atoms with van der Waals surface area (Å²) in [6.07, 6.45) is 0. The molecule has 0 aliphatic carbocycles. The van der Waals surface area contributed by atoms with E-state index in [0.29, 0.717) is 0 Å². The molecule has 0 saturated heterocycles. The van der Waals surface area contributed by atoms with Crippen molar-refractivity contribution in [3.8, 4) is 44.6 Å². The first kappa shape index (κ1) is 29.2. The molecule has 11 aromatic rings. The summed E-state index contributed by atoms with van der Waals surface area (Å²) in [5.74, 6) is 0. The molecule has 11 rings (SSSR count). The molecule has 3 aromatic heterocycles. The molecule has 0 spiro atoms. The minimum atomic E-state index is 0.866. The van der Waals surface area contributed by atoms with E-state index in [0.717, 1.165) is 55.0 Å². The predicted octanol–water partition coefficient (Wildman–Crippen LogP) is 14.3. The molecule has 0 aliphatic heterocycles. The zero-order valence-corrected chi connectivity index (χ0v) is 28.8. The van der Waals surface area contributed by atoms with Gasteiger partial charge in [-0.25, -0.2) is 4.98 Å². The van der Waals surface area contributed by atoms with Crippen LogP contribution in [-0.4, -0.2) is 4.98 Å². The molecule has 242 valence electrons. The summed E-state index contributed by atoms with van der Waals surface area (Å²) in [4.78, 5) is 5.25. The zero-order chi connectivity index (χ0) is 34.2. The van der Waals surface area contributed by atoms with E-state index < -0.39 is 0 Å². The number of hydrogen-bond acceptors (Lipinski definition) is 3. The van der Waals surface area contributed by atoms with Gasteiger partial charge in [-0.3, -0.25) is 0 Å². The maximum atomic E-state index is 6.60. The Morgan fingerprint density at radius 2 is 1.06 bits per heavy atom. The number of fused-ring (bicyclic) bond motifs is 9. The Bertz CT molecular complexity index is 3170. The number of nitrogens with zero attached hydrogens (tertiary/aromatic N) is 1. The number of pyridine rings is 1. The van der Waals surface area contributed by atoms with Crippen LogP contribution in [0.2, 0.25) is 0 Å². The predicted molar refractivity (Wildman–Crippen MR) is 221 cm³/mol. The van der Waals surface area contributed by atoms with Crippen molar-refractivity contribution in [1.82, 2.24) is 4.98 Å². The van der Waals surface area contributed by atoms with Crippen molar-refractivity contribution in [2.75, 3.05) is 0 Å². The third-order valence-electron chi connectivity index (χ3n) is 10.5. The van der Waals surface area contributed by atoms with Crippen LogP contribution in [0.25, 0.3) is 108 Å². The van der Waals surface area contributed by atoms with Gasteiger partial charge in [0, 0.05) is 58.2 Å². The monoisotopic (exact) mass is 679 g/mol. The summed E-state index contributed by atoms with van der Waals surface area (Å²) in [6, 6.07) is 63.1. The molecule has 0 N–H and O–H groups in total. The third-order valence-corrected chi connectivity index (χ3v) is 11.6. The van der Waals surface area contributed by atoms with E-state index in [4.69, 9.17) is 9.40 Å². The van der Waals surface area contributed by atoms with Gasteiger partial charge in [0.2, 0.25) is 0 Å². The van der Waals surface area contributed by atoms with Crippen LogP contribution < -0.4 is 0 Å². The van der Waals surface area contributed by atoms with Crippen LogP contribution in [0, 0.1) is 0 Å². The van der Waals surface area contributed by atoms with E-state index in [1.54, 1.807) is 0 Å². The molecule has 0 bridgehead atoms. The van der Waals surface area contributed by atoms with Crippen LogP contribution >= 0.6 is 11.3 Å². The number of benzene rings is 8. The molecule has 0 aliphatic rings. The first-order chi connectivity index (χ1) is 25.8. The Morgan fingerprint density at radius 3 is 1.94 bits per heavy atom. The summed E-state index contributed by atoms with van der Waals surface area (Å²) in [5, 5.41) is 8.30. The van der Waals surface area contributed by atoms with Crippen molar-refractivity contribution in [3.05, 3.63) is 176 Å². The molecule has 0 saturated carbocycles. The second-order valence-electron chi connectivity index (χ2n) is 13.4. The SMILES string of the molecule is c1ccc(-c2nc3ccccc3c3c(-c4ccc(-c5cccc(-c6cccc7sc8ccccc8c67)c5)cc4)c4c(cc23)oc2ccccc24)cc1. The van der Waals surface area contributed by atoms with Gasteiger partial charge in [0.05, 0.1) is 11.2 Å². The second-order valence-corrected chi connectivity index (χ2v) is 14.5. The van der Waals surface area contributed by atoms with Crippen LogP contribution in [0.5, 0.6) is 0 Å². The van der Waals surface area contributed by atoms with Gasteiger partial charge in [0.15, 0.2) is 0 Å². The van der Waals surface area contributed by atoms with Crippen molar-refractivity contribution >= 4 is 75.1 Å². The first-order valence-electron chi connectivity index (χ1n) is 17.6. The first-order valence-corrected chi connectivity index (χ1v) is 18.4. The van der Waals surface area contributed by atoms with Gasteiger partial charge in [0.1, 0.15) is 11.2 Å². The zero-order valence-electron chi connectivity index (χ0n) is 28.0. The van der Waals surface area contributed by atoms with Crippen LogP contribution in [0.3, 0.4) is 0 Å². The van der Waals surface area contributed by atoms with E-state index in [-0.39, 0.29) is 0 Å². The van der Waals surface area contributed by atoms with Gasteiger partial charge in [-0.2, -0.15) is 0 Å². The van der Waals surface area contributed by atoms with Gasteiger partial charge in [-0.1, -0.05) is 140 Å². The molecule has 8 aromatic carbocycles. The van der Waals surface area contributed by atoms with Gasteiger partial charge >= 0.3 is 0 Å². The summed E-state index contributed by atoms with van der Waals surface area (Å²) in [7, 11) is 0.